The summed E-state index contributed by atoms with van der Waals surface area (Å²) in [6.07, 6.45) is 1.01. The molecule has 21 heavy (non-hydrogen) atoms. The van der Waals surface area contributed by atoms with Gasteiger partial charge in [-0.25, -0.2) is 0 Å². The molecular weight excluding hydrogens is 256 g/mol. The smallest absolute Gasteiger partial charge is 0.119 e. The minimum atomic E-state index is 0.626. The van der Waals surface area contributed by atoms with E-state index in [1.165, 1.54) is 27.8 Å². The summed E-state index contributed by atoms with van der Waals surface area (Å²) >= 11 is 0. The first-order chi connectivity index (χ1) is 10.4. The molecule has 0 bridgehead atoms. The van der Waals surface area contributed by atoms with Gasteiger partial charge in [0.1, 0.15) is 12.4 Å². The van der Waals surface area contributed by atoms with Gasteiger partial charge in [0.05, 0.1) is 0 Å². The van der Waals surface area contributed by atoms with Crippen LogP contribution in [0.25, 0.3) is 11.1 Å². The molecule has 0 atom stereocenters. The SMILES string of the molecule is c1ccc(OCc2cccc3c2Cc2ccccc2-3)cc1. The van der Waals surface area contributed by atoms with E-state index in [-0.39, 0.29) is 0 Å². The summed E-state index contributed by atoms with van der Waals surface area (Å²) in [6, 6.07) is 25.2. The Balaban J connectivity index is 1.64. The number of rotatable bonds is 3. The summed E-state index contributed by atoms with van der Waals surface area (Å²) in [7, 11) is 0. The number of hydrogen-bond acceptors (Lipinski definition) is 1. The molecule has 1 heteroatoms. The summed E-state index contributed by atoms with van der Waals surface area (Å²) in [5, 5.41) is 0. The maximum Gasteiger partial charge on any atom is 0.119 e. The molecule has 102 valence electrons. The normalized spacial score (nSPS) is 11.8. The third kappa shape index (κ3) is 2.21. The van der Waals surface area contributed by atoms with Crippen molar-refractivity contribution in [1.29, 1.82) is 0 Å². The molecule has 4 rings (SSSR count). The van der Waals surface area contributed by atoms with E-state index >= 15 is 0 Å². The minimum absolute atomic E-state index is 0.626. The van der Waals surface area contributed by atoms with Crippen molar-refractivity contribution in [2.24, 2.45) is 0 Å². The molecule has 0 N–H and O–H groups in total. The molecule has 0 unspecified atom stereocenters. The molecular formula is C20H16O. The molecule has 1 aliphatic carbocycles. The van der Waals surface area contributed by atoms with Crippen LogP contribution in [0.1, 0.15) is 16.7 Å². The molecule has 3 aromatic rings. The van der Waals surface area contributed by atoms with Gasteiger partial charge in [-0.2, -0.15) is 0 Å². The molecule has 0 aliphatic heterocycles. The molecule has 0 fully saturated rings. The zero-order chi connectivity index (χ0) is 14.1. The average Bonchev–Trinajstić information content (AvgIpc) is 2.93. The zero-order valence-electron chi connectivity index (χ0n) is 11.8. The number of benzene rings is 3. The van der Waals surface area contributed by atoms with Crippen LogP contribution in [0.2, 0.25) is 0 Å². The van der Waals surface area contributed by atoms with E-state index in [9.17, 15) is 0 Å². The van der Waals surface area contributed by atoms with Crippen molar-refractivity contribution in [3.8, 4) is 16.9 Å². The standard InChI is InChI=1S/C20H16O/c1-2-9-17(10-3-1)21-14-16-8-6-12-19-18-11-5-4-7-15(18)13-20(16)19/h1-12H,13-14H2. The fourth-order valence-corrected chi connectivity index (χ4v) is 3.04. The van der Waals surface area contributed by atoms with Gasteiger partial charge in [-0.15, -0.1) is 0 Å². The lowest BCUT2D eigenvalue weighted by Crippen LogP contribution is -1.99. The third-order valence-corrected chi connectivity index (χ3v) is 4.09. The van der Waals surface area contributed by atoms with Crippen molar-refractivity contribution in [2.45, 2.75) is 13.0 Å². The Morgan fingerprint density at radius 1 is 0.714 bits per heavy atom. The monoisotopic (exact) mass is 272 g/mol. The topological polar surface area (TPSA) is 9.23 Å². The largest absolute Gasteiger partial charge is 0.489 e. The highest BCUT2D eigenvalue weighted by Gasteiger charge is 2.20. The molecule has 0 aromatic heterocycles. The molecule has 0 saturated carbocycles. The van der Waals surface area contributed by atoms with Gasteiger partial charge in [0, 0.05) is 0 Å². The Kier molecular flexibility index (Phi) is 2.97. The molecule has 3 aromatic carbocycles. The van der Waals surface area contributed by atoms with E-state index < -0.39 is 0 Å². The van der Waals surface area contributed by atoms with Gasteiger partial charge in [-0.05, 0) is 46.4 Å². The highest BCUT2D eigenvalue weighted by atomic mass is 16.5. The molecule has 0 radical (unpaired) electrons. The second kappa shape index (κ2) is 5.10. The van der Waals surface area contributed by atoms with E-state index in [1.807, 2.05) is 30.3 Å². The van der Waals surface area contributed by atoms with Crippen molar-refractivity contribution in [1.82, 2.24) is 0 Å². The maximum absolute atomic E-state index is 5.92. The van der Waals surface area contributed by atoms with Gasteiger partial charge >= 0.3 is 0 Å². The van der Waals surface area contributed by atoms with Gasteiger partial charge in [-0.3, -0.25) is 0 Å². The van der Waals surface area contributed by atoms with Crippen LogP contribution in [-0.4, -0.2) is 0 Å². The summed E-state index contributed by atoms with van der Waals surface area (Å²) < 4.78 is 5.92. The van der Waals surface area contributed by atoms with Crippen LogP contribution >= 0.6 is 0 Å². The molecule has 0 heterocycles. The van der Waals surface area contributed by atoms with Crippen LogP contribution in [0.3, 0.4) is 0 Å². The quantitative estimate of drug-likeness (QED) is 0.518. The first kappa shape index (κ1) is 12.2. The third-order valence-electron chi connectivity index (χ3n) is 4.09. The fraction of sp³-hybridized carbons (Fsp3) is 0.100. The Hall–Kier alpha value is -2.54. The second-order valence-corrected chi connectivity index (χ2v) is 5.38. The number of fused-ring (bicyclic) bond motifs is 3. The Morgan fingerprint density at radius 3 is 2.38 bits per heavy atom. The minimum Gasteiger partial charge on any atom is -0.489 e. The Morgan fingerprint density at radius 2 is 1.48 bits per heavy atom. The van der Waals surface area contributed by atoms with Gasteiger partial charge in [0.25, 0.3) is 0 Å². The van der Waals surface area contributed by atoms with E-state index in [2.05, 4.69) is 42.5 Å². The lowest BCUT2D eigenvalue weighted by Gasteiger charge is -2.10. The van der Waals surface area contributed by atoms with Crippen molar-refractivity contribution >= 4 is 0 Å². The Labute approximate surface area is 124 Å². The molecule has 1 aliphatic rings. The van der Waals surface area contributed by atoms with Crippen LogP contribution in [0.4, 0.5) is 0 Å². The molecule has 0 amide bonds. The van der Waals surface area contributed by atoms with E-state index in [0.29, 0.717) is 6.61 Å². The van der Waals surface area contributed by atoms with Gasteiger partial charge in [0.2, 0.25) is 0 Å². The van der Waals surface area contributed by atoms with E-state index in [4.69, 9.17) is 4.74 Å². The van der Waals surface area contributed by atoms with Crippen LogP contribution in [0, 0.1) is 0 Å². The summed E-state index contributed by atoms with van der Waals surface area (Å²) in [5.74, 6) is 0.922. The van der Waals surface area contributed by atoms with E-state index in [1.54, 1.807) is 0 Å². The lowest BCUT2D eigenvalue weighted by atomic mass is 10.0. The van der Waals surface area contributed by atoms with Crippen LogP contribution in [0.5, 0.6) is 5.75 Å². The zero-order valence-corrected chi connectivity index (χ0v) is 11.8. The molecule has 1 nitrogen and oxygen atoms in total. The summed E-state index contributed by atoms with van der Waals surface area (Å²) in [6.45, 7) is 0.626. The van der Waals surface area contributed by atoms with Crippen LogP contribution in [-0.2, 0) is 13.0 Å². The van der Waals surface area contributed by atoms with Crippen LogP contribution in [0.15, 0.2) is 72.8 Å². The first-order valence-electron chi connectivity index (χ1n) is 7.29. The summed E-state index contributed by atoms with van der Waals surface area (Å²) in [4.78, 5) is 0. The highest BCUT2D eigenvalue weighted by Crippen LogP contribution is 2.38. The van der Waals surface area contributed by atoms with E-state index in [0.717, 1.165) is 12.2 Å². The fourth-order valence-electron chi connectivity index (χ4n) is 3.04. The van der Waals surface area contributed by atoms with Gasteiger partial charge < -0.3 is 4.74 Å². The number of para-hydroxylation sites is 1. The molecule has 0 saturated heterocycles. The second-order valence-electron chi connectivity index (χ2n) is 5.38. The Bertz CT molecular complexity index is 775. The molecule has 0 spiro atoms. The average molecular weight is 272 g/mol. The van der Waals surface area contributed by atoms with Gasteiger partial charge in [0.15, 0.2) is 0 Å². The highest BCUT2D eigenvalue weighted by molar-refractivity contribution is 5.77. The van der Waals surface area contributed by atoms with Gasteiger partial charge in [-0.1, -0.05) is 60.7 Å². The van der Waals surface area contributed by atoms with Crippen molar-refractivity contribution in [2.75, 3.05) is 0 Å². The van der Waals surface area contributed by atoms with Crippen molar-refractivity contribution in [3.63, 3.8) is 0 Å². The number of ether oxygens (including phenoxy) is 1. The van der Waals surface area contributed by atoms with Crippen LogP contribution < -0.4 is 4.74 Å². The van der Waals surface area contributed by atoms with Crippen molar-refractivity contribution in [3.05, 3.63) is 89.5 Å². The lowest BCUT2D eigenvalue weighted by molar-refractivity contribution is 0.305. The maximum atomic E-state index is 5.92. The first-order valence-corrected chi connectivity index (χ1v) is 7.29. The number of hydrogen-bond donors (Lipinski definition) is 0. The van der Waals surface area contributed by atoms with Crippen molar-refractivity contribution < 1.29 is 4.74 Å². The summed E-state index contributed by atoms with van der Waals surface area (Å²) in [5.41, 5.74) is 6.84. The predicted molar refractivity (Wildman–Crippen MR) is 85.5 cm³/mol. The predicted octanol–water partition coefficient (Wildman–Crippen LogP) is 4.84.